The molecule has 0 amide bonds. The van der Waals surface area contributed by atoms with Crippen LogP contribution in [-0.4, -0.2) is 39.3 Å². The first-order valence-corrected chi connectivity index (χ1v) is 9.23. The lowest BCUT2D eigenvalue weighted by Gasteiger charge is -2.16. The van der Waals surface area contributed by atoms with E-state index < -0.39 is 0 Å². The van der Waals surface area contributed by atoms with E-state index >= 15 is 0 Å². The fourth-order valence-corrected chi connectivity index (χ4v) is 3.67. The zero-order valence-corrected chi connectivity index (χ0v) is 15.2. The summed E-state index contributed by atoms with van der Waals surface area (Å²) in [5, 5.41) is 8.15. The molecule has 3 heterocycles. The Morgan fingerprint density at radius 3 is 2.77 bits per heavy atom. The predicted molar refractivity (Wildman–Crippen MR) is 105 cm³/mol. The van der Waals surface area contributed by atoms with Gasteiger partial charge >= 0.3 is 0 Å². The van der Waals surface area contributed by atoms with Gasteiger partial charge in [0.25, 0.3) is 0 Å². The van der Waals surface area contributed by atoms with E-state index in [1.165, 1.54) is 17.5 Å². The van der Waals surface area contributed by atoms with Crippen LogP contribution < -0.4 is 5.32 Å². The fourth-order valence-electron chi connectivity index (χ4n) is 3.67. The monoisotopic (exact) mass is 347 g/mol. The highest BCUT2D eigenvalue weighted by atomic mass is 15.3. The number of rotatable bonds is 6. The molecule has 1 unspecified atom stereocenters. The van der Waals surface area contributed by atoms with Crippen LogP contribution in [0.4, 0.5) is 5.82 Å². The molecule has 1 N–H and O–H groups in total. The summed E-state index contributed by atoms with van der Waals surface area (Å²) in [6.07, 6.45) is 5.21. The Kier molecular flexibility index (Phi) is 4.97. The van der Waals surface area contributed by atoms with Gasteiger partial charge in [0.1, 0.15) is 5.82 Å². The van der Waals surface area contributed by atoms with Crippen LogP contribution in [-0.2, 0) is 13.6 Å². The van der Waals surface area contributed by atoms with Crippen LogP contribution in [0.15, 0.2) is 60.9 Å². The first kappa shape index (κ1) is 16.8. The van der Waals surface area contributed by atoms with Crippen molar-refractivity contribution in [2.45, 2.75) is 13.0 Å². The van der Waals surface area contributed by atoms with Crippen LogP contribution in [0.3, 0.4) is 0 Å². The molecule has 0 spiro atoms. The van der Waals surface area contributed by atoms with Gasteiger partial charge in [-0.25, -0.2) is 4.98 Å². The smallest absolute Gasteiger partial charge is 0.125 e. The van der Waals surface area contributed by atoms with E-state index in [9.17, 15) is 0 Å². The molecule has 3 aromatic rings. The van der Waals surface area contributed by atoms with Crippen LogP contribution >= 0.6 is 0 Å². The topological polar surface area (TPSA) is 46.0 Å². The van der Waals surface area contributed by atoms with E-state index in [0.29, 0.717) is 5.92 Å². The van der Waals surface area contributed by atoms with Crippen molar-refractivity contribution in [2.75, 3.05) is 25.0 Å². The Bertz CT molecular complexity index is 828. The SMILES string of the molecule is Cn1cc(CN2CCC(CNc3ccccn3)C2)c(-c2ccccc2)n1. The second-order valence-electron chi connectivity index (χ2n) is 7.03. The third kappa shape index (κ3) is 3.94. The minimum absolute atomic E-state index is 0.661. The molecular weight excluding hydrogens is 322 g/mol. The summed E-state index contributed by atoms with van der Waals surface area (Å²) in [7, 11) is 2.00. The van der Waals surface area contributed by atoms with Gasteiger partial charge in [-0.2, -0.15) is 5.10 Å². The maximum Gasteiger partial charge on any atom is 0.125 e. The van der Waals surface area contributed by atoms with Crippen LogP contribution in [0.5, 0.6) is 0 Å². The number of likely N-dealkylation sites (tertiary alicyclic amines) is 1. The van der Waals surface area contributed by atoms with Gasteiger partial charge in [0, 0.05) is 50.2 Å². The average molecular weight is 347 g/mol. The summed E-state index contributed by atoms with van der Waals surface area (Å²) >= 11 is 0. The Labute approximate surface area is 154 Å². The molecular formula is C21H25N5. The van der Waals surface area contributed by atoms with Gasteiger partial charge in [0.2, 0.25) is 0 Å². The highest BCUT2D eigenvalue weighted by molar-refractivity contribution is 5.62. The van der Waals surface area contributed by atoms with Crippen molar-refractivity contribution in [1.29, 1.82) is 0 Å². The Morgan fingerprint density at radius 2 is 1.96 bits per heavy atom. The molecule has 5 heteroatoms. The van der Waals surface area contributed by atoms with Crippen molar-refractivity contribution in [1.82, 2.24) is 19.7 Å². The highest BCUT2D eigenvalue weighted by Gasteiger charge is 2.24. The molecule has 1 fully saturated rings. The van der Waals surface area contributed by atoms with Crippen molar-refractivity contribution < 1.29 is 0 Å². The van der Waals surface area contributed by atoms with Gasteiger partial charge in [0.15, 0.2) is 0 Å². The maximum atomic E-state index is 4.69. The Balaban J connectivity index is 1.37. The first-order chi connectivity index (χ1) is 12.8. The van der Waals surface area contributed by atoms with Gasteiger partial charge in [0.05, 0.1) is 5.69 Å². The summed E-state index contributed by atoms with van der Waals surface area (Å²) in [6, 6.07) is 16.4. The van der Waals surface area contributed by atoms with Crippen LogP contribution in [0.2, 0.25) is 0 Å². The third-order valence-electron chi connectivity index (χ3n) is 4.95. The molecule has 4 rings (SSSR count). The van der Waals surface area contributed by atoms with Crippen LogP contribution in [0.25, 0.3) is 11.3 Å². The van der Waals surface area contributed by atoms with Crippen LogP contribution in [0, 0.1) is 5.92 Å². The van der Waals surface area contributed by atoms with Gasteiger partial charge < -0.3 is 5.32 Å². The molecule has 0 radical (unpaired) electrons. The summed E-state index contributed by atoms with van der Waals surface area (Å²) < 4.78 is 1.92. The molecule has 0 saturated carbocycles. The molecule has 1 aliphatic rings. The molecule has 1 aromatic carbocycles. The van der Waals surface area contributed by atoms with Gasteiger partial charge in [-0.15, -0.1) is 0 Å². The molecule has 134 valence electrons. The number of aryl methyl sites for hydroxylation is 1. The number of pyridine rings is 1. The minimum atomic E-state index is 0.661. The van der Waals surface area contributed by atoms with Crippen molar-refractivity contribution >= 4 is 5.82 Å². The zero-order chi connectivity index (χ0) is 17.8. The maximum absolute atomic E-state index is 4.69. The molecule has 0 bridgehead atoms. The second kappa shape index (κ2) is 7.70. The number of nitrogens with one attached hydrogen (secondary N) is 1. The predicted octanol–water partition coefficient (Wildman–Crippen LogP) is 3.42. The van der Waals surface area contributed by atoms with Crippen molar-refractivity contribution in [2.24, 2.45) is 13.0 Å². The van der Waals surface area contributed by atoms with Gasteiger partial charge in [-0.3, -0.25) is 9.58 Å². The molecule has 1 saturated heterocycles. The molecule has 5 nitrogen and oxygen atoms in total. The number of hydrogen-bond donors (Lipinski definition) is 1. The first-order valence-electron chi connectivity index (χ1n) is 9.23. The van der Waals surface area contributed by atoms with Gasteiger partial charge in [-0.05, 0) is 31.0 Å². The summed E-state index contributed by atoms with van der Waals surface area (Å²) in [5.74, 6) is 1.62. The van der Waals surface area contributed by atoms with E-state index in [-0.39, 0.29) is 0 Å². The number of nitrogens with zero attached hydrogens (tertiary/aromatic N) is 4. The lowest BCUT2D eigenvalue weighted by Crippen LogP contribution is -2.23. The standard InChI is InChI=1S/C21H25N5/c1-25-15-19(21(24-25)18-7-3-2-4-8-18)16-26-12-10-17(14-26)13-23-20-9-5-6-11-22-20/h2-9,11,15,17H,10,12-14,16H2,1H3,(H,22,23). The lowest BCUT2D eigenvalue weighted by molar-refractivity contribution is 0.319. The molecule has 1 atom stereocenters. The number of anilines is 1. The van der Waals surface area contributed by atoms with Crippen LogP contribution in [0.1, 0.15) is 12.0 Å². The quantitative estimate of drug-likeness (QED) is 0.742. The second-order valence-corrected chi connectivity index (χ2v) is 7.03. The molecule has 0 aliphatic carbocycles. The van der Waals surface area contributed by atoms with E-state index in [1.54, 1.807) is 0 Å². The van der Waals surface area contributed by atoms with Crippen molar-refractivity contribution in [3.8, 4) is 11.3 Å². The van der Waals surface area contributed by atoms with E-state index in [4.69, 9.17) is 0 Å². The van der Waals surface area contributed by atoms with Crippen molar-refractivity contribution in [3.05, 3.63) is 66.5 Å². The normalized spacial score (nSPS) is 17.5. The summed E-state index contributed by atoms with van der Waals surface area (Å²) in [5.41, 5.74) is 3.59. The third-order valence-corrected chi connectivity index (χ3v) is 4.95. The summed E-state index contributed by atoms with van der Waals surface area (Å²) in [4.78, 5) is 6.87. The molecule has 1 aliphatic heterocycles. The zero-order valence-electron chi connectivity index (χ0n) is 15.2. The molecule has 2 aromatic heterocycles. The number of aromatic nitrogens is 3. The number of hydrogen-bond acceptors (Lipinski definition) is 4. The number of benzene rings is 1. The van der Waals surface area contributed by atoms with E-state index in [2.05, 4.69) is 50.8 Å². The van der Waals surface area contributed by atoms with E-state index in [0.717, 1.165) is 37.7 Å². The Morgan fingerprint density at radius 1 is 1.12 bits per heavy atom. The van der Waals surface area contributed by atoms with Gasteiger partial charge in [-0.1, -0.05) is 36.4 Å². The lowest BCUT2D eigenvalue weighted by atomic mass is 10.1. The largest absolute Gasteiger partial charge is 0.370 e. The highest BCUT2D eigenvalue weighted by Crippen LogP contribution is 2.25. The molecule has 26 heavy (non-hydrogen) atoms. The average Bonchev–Trinajstić information content (AvgIpc) is 3.28. The minimum Gasteiger partial charge on any atom is -0.370 e. The Hall–Kier alpha value is -2.66. The van der Waals surface area contributed by atoms with Crippen molar-refractivity contribution in [3.63, 3.8) is 0 Å². The fraction of sp³-hybridized carbons (Fsp3) is 0.333. The van der Waals surface area contributed by atoms with E-state index in [1.807, 2.05) is 42.2 Å². The summed E-state index contributed by atoms with van der Waals surface area (Å²) in [6.45, 7) is 4.19.